The molecule has 27 heavy (non-hydrogen) atoms. The molecule has 3 rings (SSSR count). The first-order valence-corrected chi connectivity index (χ1v) is 9.15. The van der Waals surface area contributed by atoms with E-state index in [1.165, 1.54) is 0 Å². The molecule has 0 aliphatic carbocycles. The van der Waals surface area contributed by atoms with Crippen molar-refractivity contribution in [2.24, 2.45) is 0 Å². The number of carbonyl (C=O) groups excluding carboxylic acids is 1. The first kappa shape index (κ1) is 18.6. The van der Waals surface area contributed by atoms with Crippen LogP contribution in [0.1, 0.15) is 41.5 Å². The molecule has 0 radical (unpaired) electrons. The zero-order valence-electron chi connectivity index (χ0n) is 15.7. The minimum Gasteiger partial charge on any atom is -0.348 e. The van der Waals surface area contributed by atoms with Gasteiger partial charge in [0.1, 0.15) is 5.69 Å². The Kier molecular flexibility index (Phi) is 6.15. The first-order chi connectivity index (χ1) is 13.2. The second-order valence-electron chi connectivity index (χ2n) is 6.35. The van der Waals surface area contributed by atoms with Crippen LogP contribution in [0.3, 0.4) is 0 Å². The second-order valence-corrected chi connectivity index (χ2v) is 6.35. The summed E-state index contributed by atoms with van der Waals surface area (Å²) in [6, 6.07) is 21.7. The number of nitrogens with one attached hydrogen (secondary N) is 1. The van der Waals surface area contributed by atoms with Crippen LogP contribution in [-0.2, 0) is 6.54 Å². The molecule has 3 aromatic rings. The molecule has 0 aliphatic heterocycles. The van der Waals surface area contributed by atoms with Gasteiger partial charge in [0.25, 0.3) is 5.91 Å². The fourth-order valence-corrected chi connectivity index (χ4v) is 2.86. The average molecular weight is 360 g/mol. The largest absolute Gasteiger partial charge is 0.348 e. The Morgan fingerprint density at radius 2 is 1.70 bits per heavy atom. The van der Waals surface area contributed by atoms with E-state index in [4.69, 9.17) is 0 Å². The van der Waals surface area contributed by atoms with Crippen LogP contribution < -0.4 is 5.32 Å². The highest BCUT2D eigenvalue weighted by atomic mass is 16.2. The van der Waals surface area contributed by atoms with Crippen molar-refractivity contribution in [1.82, 2.24) is 14.9 Å². The molecule has 0 bridgehead atoms. The molecule has 1 aromatic heterocycles. The molecule has 2 aromatic carbocycles. The third kappa shape index (κ3) is 4.91. The van der Waals surface area contributed by atoms with Gasteiger partial charge in [0, 0.05) is 19.3 Å². The van der Waals surface area contributed by atoms with Gasteiger partial charge < -0.3 is 10.2 Å². The van der Waals surface area contributed by atoms with Crippen LogP contribution in [0, 0.1) is 0 Å². The van der Waals surface area contributed by atoms with Crippen LogP contribution in [0.25, 0.3) is 0 Å². The molecule has 0 fully saturated rings. The summed E-state index contributed by atoms with van der Waals surface area (Å²) in [5.41, 5.74) is 2.63. The lowest BCUT2D eigenvalue weighted by molar-refractivity contribution is 0.0746. The van der Waals surface area contributed by atoms with Gasteiger partial charge in [-0.2, -0.15) is 0 Å². The van der Waals surface area contributed by atoms with E-state index in [2.05, 4.69) is 15.3 Å². The molecular weight excluding hydrogens is 336 g/mol. The Balaban J connectivity index is 1.72. The number of anilines is 1. The van der Waals surface area contributed by atoms with Gasteiger partial charge in [-0.25, -0.2) is 9.97 Å². The Labute approximate surface area is 160 Å². The number of amides is 1. The average Bonchev–Trinajstić information content (AvgIpc) is 2.73. The number of carbonyl (C=O) groups is 1. The quantitative estimate of drug-likeness (QED) is 0.682. The van der Waals surface area contributed by atoms with Gasteiger partial charge in [0.05, 0.1) is 6.04 Å². The summed E-state index contributed by atoms with van der Waals surface area (Å²) in [5, 5.41) is 3.27. The molecule has 1 atom stereocenters. The lowest BCUT2D eigenvalue weighted by Crippen LogP contribution is -2.31. The maximum atomic E-state index is 12.9. The maximum Gasteiger partial charge on any atom is 0.272 e. The summed E-state index contributed by atoms with van der Waals surface area (Å²) in [6.45, 7) is 5.18. The zero-order chi connectivity index (χ0) is 19.1. The van der Waals surface area contributed by atoms with Gasteiger partial charge in [0.2, 0.25) is 5.95 Å². The number of aromatic nitrogens is 2. The molecule has 1 N–H and O–H groups in total. The number of rotatable bonds is 7. The Morgan fingerprint density at radius 1 is 1.04 bits per heavy atom. The third-order valence-corrected chi connectivity index (χ3v) is 4.41. The van der Waals surface area contributed by atoms with E-state index < -0.39 is 0 Å². The molecule has 0 saturated carbocycles. The van der Waals surface area contributed by atoms with Gasteiger partial charge in [0.15, 0.2) is 0 Å². The topological polar surface area (TPSA) is 58.1 Å². The molecule has 0 spiro atoms. The van der Waals surface area contributed by atoms with Crippen molar-refractivity contribution in [3.05, 3.63) is 89.7 Å². The maximum absolute atomic E-state index is 12.9. The van der Waals surface area contributed by atoms with Gasteiger partial charge in [-0.3, -0.25) is 4.79 Å². The number of benzene rings is 2. The van der Waals surface area contributed by atoms with E-state index in [1.807, 2.05) is 74.5 Å². The minimum absolute atomic E-state index is 0.0446. The van der Waals surface area contributed by atoms with Crippen LogP contribution >= 0.6 is 0 Å². The van der Waals surface area contributed by atoms with Crippen molar-refractivity contribution < 1.29 is 4.79 Å². The molecule has 0 aliphatic rings. The zero-order valence-corrected chi connectivity index (χ0v) is 15.7. The fraction of sp³-hybridized carbons (Fsp3) is 0.227. The van der Waals surface area contributed by atoms with Crippen molar-refractivity contribution in [1.29, 1.82) is 0 Å². The van der Waals surface area contributed by atoms with E-state index in [0.717, 1.165) is 11.1 Å². The van der Waals surface area contributed by atoms with E-state index in [9.17, 15) is 4.79 Å². The standard InChI is InChI=1S/C22H24N4O/c1-3-26(16-18-10-6-4-7-11-18)21(27)20-14-15-23-22(25-20)24-17(2)19-12-8-5-9-13-19/h4-15,17H,3,16H2,1-2H3,(H,23,24,25). The minimum atomic E-state index is -0.0980. The van der Waals surface area contributed by atoms with Gasteiger partial charge in [-0.15, -0.1) is 0 Å². The van der Waals surface area contributed by atoms with Crippen LogP contribution in [0.15, 0.2) is 72.9 Å². The monoisotopic (exact) mass is 360 g/mol. The van der Waals surface area contributed by atoms with Gasteiger partial charge in [-0.1, -0.05) is 60.7 Å². The van der Waals surface area contributed by atoms with E-state index >= 15 is 0 Å². The normalized spacial score (nSPS) is 11.6. The van der Waals surface area contributed by atoms with Crippen LogP contribution in [0.2, 0.25) is 0 Å². The number of hydrogen-bond acceptors (Lipinski definition) is 4. The summed E-state index contributed by atoms with van der Waals surface area (Å²) >= 11 is 0. The highest BCUT2D eigenvalue weighted by Crippen LogP contribution is 2.17. The molecular formula is C22H24N4O. The molecule has 1 heterocycles. The lowest BCUT2D eigenvalue weighted by Gasteiger charge is -2.21. The molecule has 1 unspecified atom stereocenters. The SMILES string of the molecule is CCN(Cc1ccccc1)C(=O)c1ccnc(NC(C)c2ccccc2)n1. The van der Waals surface area contributed by atoms with Crippen LogP contribution in [0.4, 0.5) is 5.95 Å². The summed E-state index contributed by atoms with van der Waals surface area (Å²) in [7, 11) is 0. The van der Waals surface area contributed by atoms with Gasteiger partial charge in [-0.05, 0) is 31.0 Å². The van der Waals surface area contributed by atoms with E-state index in [-0.39, 0.29) is 11.9 Å². The molecule has 0 saturated heterocycles. The summed E-state index contributed by atoms with van der Waals surface area (Å²) in [4.78, 5) is 23.4. The third-order valence-electron chi connectivity index (χ3n) is 4.41. The Bertz CT molecular complexity index is 868. The second kappa shape index (κ2) is 8.94. The molecule has 5 heteroatoms. The highest BCUT2D eigenvalue weighted by molar-refractivity contribution is 5.92. The summed E-state index contributed by atoms with van der Waals surface area (Å²) < 4.78 is 0. The number of hydrogen-bond donors (Lipinski definition) is 1. The molecule has 5 nitrogen and oxygen atoms in total. The highest BCUT2D eigenvalue weighted by Gasteiger charge is 2.17. The predicted molar refractivity (Wildman–Crippen MR) is 107 cm³/mol. The Morgan fingerprint density at radius 3 is 2.37 bits per heavy atom. The van der Waals surface area contributed by atoms with Crippen molar-refractivity contribution in [2.75, 3.05) is 11.9 Å². The molecule has 1 amide bonds. The van der Waals surface area contributed by atoms with Crippen molar-refractivity contribution >= 4 is 11.9 Å². The van der Waals surface area contributed by atoms with Crippen molar-refractivity contribution in [2.45, 2.75) is 26.4 Å². The predicted octanol–water partition coefficient (Wildman–Crippen LogP) is 4.31. The first-order valence-electron chi connectivity index (χ1n) is 9.15. The Hall–Kier alpha value is -3.21. The van der Waals surface area contributed by atoms with E-state index in [0.29, 0.717) is 24.7 Å². The fourth-order valence-electron chi connectivity index (χ4n) is 2.86. The number of nitrogens with zero attached hydrogens (tertiary/aromatic N) is 3. The summed E-state index contributed by atoms with van der Waals surface area (Å²) in [5.74, 6) is 0.354. The van der Waals surface area contributed by atoms with Crippen LogP contribution in [-0.4, -0.2) is 27.3 Å². The van der Waals surface area contributed by atoms with E-state index in [1.54, 1.807) is 17.2 Å². The smallest absolute Gasteiger partial charge is 0.272 e. The van der Waals surface area contributed by atoms with Crippen molar-refractivity contribution in [3.8, 4) is 0 Å². The van der Waals surface area contributed by atoms with Gasteiger partial charge >= 0.3 is 0 Å². The van der Waals surface area contributed by atoms with Crippen LogP contribution in [0.5, 0.6) is 0 Å². The lowest BCUT2D eigenvalue weighted by atomic mass is 10.1. The van der Waals surface area contributed by atoms with Crippen molar-refractivity contribution in [3.63, 3.8) is 0 Å². The summed E-state index contributed by atoms with van der Waals surface area (Å²) in [6.07, 6.45) is 1.62. The molecule has 138 valence electrons.